The van der Waals surface area contributed by atoms with E-state index in [1.165, 1.54) is 30.5 Å². The van der Waals surface area contributed by atoms with Gasteiger partial charge in [0, 0.05) is 50.2 Å². The summed E-state index contributed by atoms with van der Waals surface area (Å²) in [5.74, 6) is -1.89. The Labute approximate surface area is 198 Å². The molecule has 0 aromatic heterocycles. The lowest BCUT2D eigenvalue weighted by Gasteiger charge is -2.36. The molecule has 0 unspecified atom stereocenters. The summed E-state index contributed by atoms with van der Waals surface area (Å²) < 4.78 is 13.5. The van der Waals surface area contributed by atoms with Crippen LogP contribution in [0.2, 0.25) is 5.02 Å². The van der Waals surface area contributed by atoms with E-state index in [9.17, 15) is 24.1 Å². The number of thiocarbonyl (C=S) groups is 1. The lowest BCUT2D eigenvalue weighted by atomic mass is 10.1. The minimum atomic E-state index is -0.638. The maximum Gasteiger partial charge on any atom is 0.271 e. The molecule has 2 aliphatic rings. The maximum atomic E-state index is 13.5. The molecular formula is C21H17ClFN5O4S. The average molecular weight is 490 g/mol. The van der Waals surface area contributed by atoms with Gasteiger partial charge in [-0.2, -0.15) is 0 Å². The van der Waals surface area contributed by atoms with Crippen LogP contribution >= 0.6 is 23.8 Å². The first-order valence-electron chi connectivity index (χ1n) is 9.84. The van der Waals surface area contributed by atoms with Crippen LogP contribution in [-0.2, 0) is 9.59 Å². The molecule has 0 spiro atoms. The minimum absolute atomic E-state index is 0.0221. The number of non-ortho nitro benzene ring substituents is 1. The van der Waals surface area contributed by atoms with Gasteiger partial charge in [-0.1, -0.05) is 11.6 Å². The van der Waals surface area contributed by atoms with Crippen LogP contribution in [0.4, 0.5) is 21.5 Å². The van der Waals surface area contributed by atoms with E-state index in [2.05, 4.69) is 10.2 Å². The summed E-state index contributed by atoms with van der Waals surface area (Å²) in [5, 5.41) is 13.0. The molecule has 2 saturated heterocycles. The van der Waals surface area contributed by atoms with Crippen molar-refractivity contribution in [2.24, 2.45) is 0 Å². The van der Waals surface area contributed by atoms with Crippen molar-refractivity contribution in [3.05, 3.63) is 75.2 Å². The monoisotopic (exact) mass is 489 g/mol. The Morgan fingerprint density at radius 1 is 1.06 bits per heavy atom. The number of nitrogens with zero attached hydrogens (tertiary/aromatic N) is 4. The van der Waals surface area contributed by atoms with Crippen molar-refractivity contribution in [1.29, 1.82) is 0 Å². The van der Waals surface area contributed by atoms with Gasteiger partial charge in [0.1, 0.15) is 11.4 Å². The van der Waals surface area contributed by atoms with Crippen molar-refractivity contribution in [1.82, 2.24) is 10.2 Å². The van der Waals surface area contributed by atoms with E-state index in [1.54, 1.807) is 12.1 Å². The number of piperazine rings is 1. The van der Waals surface area contributed by atoms with Crippen LogP contribution < -0.4 is 15.1 Å². The molecule has 2 aromatic carbocycles. The lowest BCUT2D eigenvalue weighted by molar-refractivity contribution is -0.384. The number of benzene rings is 2. The summed E-state index contributed by atoms with van der Waals surface area (Å²) in [6.45, 7) is 2.22. The van der Waals surface area contributed by atoms with Gasteiger partial charge in [0.2, 0.25) is 0 Å². The van der Waals surface area contributed by atoms with E-state index in [0.29, 0.717) is 26.2 Å². The fraction of sp³-hybridized carbons (Fsp3) is 0.190. The van der Waals surface area contributed by atoms with Crippen LogP contribution in [0, 0.1) is 15.9 Å². The van der Waals surface area contributed by atoms with Crippen LogP contribution in [-0.4, -0.2) is 52.9 Å². The third-order valence-corrected chi connectivity index (χ3v) is 5.89. The van der Waals surface area contributed by atoms with E-state index in [0.717, 1.165) is 16.7 Å². The summed E-state index contributed by atoms with van der Waals surface area (Å²) in [4.78, 5) is 40.9. The van der Waals surface area contributed by atoms with Gasteiger partial charge in [-0.15, -0.1) is 0 Å². The highest BCUT2D eigenvalue weighted by Gasteiger charge is 2.35. The van der Waals surface area contributed by atoms with Crippen molar-refractivity contribution < 1.29 is 18.9 Å². The van der Waals surface area contributed by atoms with Gasteiger partial charge in [0.25, 0.3) is 17.5 Å². The predicted octanol–water partition coefficient (Wildman–Crippen LogP) is 2.84. The summed E-state index contributed by atoms with van der Waals surface area (Å²) in [6, 6.07) is 10.0. The number of carbonyl (C=O) groups excluding carboxylic acids is 2. The standard InChI is InChI=1S/C21H17ClFN5O4S/c22-17-11-15(5-6-18(17)23)27-20(30)16(19(29)24-21(27)33)12-25-7-9-26(10-8-25)13-1-3-14(4-2-13)28(31)32/h1-6,11-12H,7-10H2,(H,24,29,33)/b16-12-. The SMILES string of the molecule is O=C1NC(=S)N(c2ccc(F)c(Cl)c2)C(=O)/C1=C\N1CCN(c2ccc([N+](=O)[O-])cc2)CC1. The highest BCUT2D eigenvalue weighted by molar-refractivity contribution is 7.80. The van der Waals surface area contributed by atoms with Crippen LogP contribution in [0.5, 0.6) is 0 Å². The largest absolute Gasteiger partial charge is 0.373 e. The number of carbonyl (C=O) groups is 2. The molecule has 0 bridgehead atoms. The molecule has 2 fully saturated rings. The second kappa shape index (κ2) is 9.12. The lowest BCUT2D eigenvalue weighted by Crippen LogP contribution is -2.55. The molecule has 2 aliphatic heterocycles. The molecule has 170 valence electrons. The van der Waals surface area contributed by atoms with E-state index in [1.807, 2.05) is 4.90 Å². The van der Waals surface area contributed by atoms with E-state index < -0.39 is 22.6 Å². The molecule has 0 saturated carbocycles. The van der Waals surface area contributed by atoms with E-state index >= 15 is 0 Å². The maximum absolute atomic E-state index is 13.5. The minimum Gasteiger partial charge on any atom is -0.373 e. The van der Waals surface area contributed by atoms with Crippen molar-refractivity contribution in [2.45, 2.75) is 0 Å². The topological polar surface area (TPSA) is 99.0 Å². The van der Waals surface area contributed by atoms with Crippen molar-refractivity contribution in [3.63, 3.8) is 0 Å². The summed E-state index contributed by atoms with van der Waals surface area (Å²) in [5.41, 5.74) is 1.01. The summed E-state index contributed by atoms with van der Waals surface area (Å²) in [6.07, 6.45) is 1.49. The molecule has 33 heavy (non-hydrogen) atoms. The van der Waals surface area contributed by atoms with Crippen LogP contribution in [0.3, 0.4) is 0 Å². The average Bonchev–Trinajstić information content (AvgIpc) is 2.79. The summed E-state index contributed by atoms with van der Waals surface area (Å²) in [7, 11) is 0. The number of nitro groups is 1. The van der Waals surface area contributed by atoms with E-state index in [4.69, 9.17) is 23.8 Å². The van der Waals surface area contributed by atoms with Gasteiger partial charge in [-0.25, -0.2) is 4.39 Å². The Morgan fingerprint density at radius 3 is 2.30 bits per heavy atom. The molecule has 12 heteroatoms. The van der Waals surface area contributed by atoms with Crippen molar-refractivity contribution >= 4 is 57.8 Å². The Bertz CT molecular complexity index is 1180. The first kappa shape index (κ1) is 22.6. The quantitative estimate of drug-likeness (QED) is 0.232. The molecular weight excluding hydrogens is 473 g/mol. The number of hydrogen-bond donors (Lipinski definition) is 1. The third-order valence-electron chi connectivity index (χ3n) is 5.31. The number of hydrogen-bond acceptors (Lipinski definition) is 7. The van der Waals surface area contributed by atoms with Crippen LogP contribution in [0.25, 0.3) is 0 Å². The Hall–Kier alpha value is -3.57. The zero-order chi connectivity index (χ0) is 23.7. The second-order valence-corrected chi connectivity index (χ2v) is 8.13. The third kappa shape index (κ3) is 4.64. The fourth-order valence-electron chi connectivity index (χ4n) is 3.58. The van der Waals surface area contributed by atoms with Gasteiger partial charge in [-0.05, 0) is 42.5 Å². The highest BCUT2D eigenvalue weighted by Crippen LogP contribution is 2.26. The van der Waals surface area contributed by atoms with Crippen LogP contribution in [0.15, 0.2) is 54.2 Å². The van der Waals surface area contributed by atoms with Gasteiger partial charge in [0.15, 0.2) is 5.11 Å². The number of nitro benzene ring substituents is 1. The van der Waals surface area contributed by atoms with Crippen LogP contribution in [0.1, 0.15) is 0 Å². The summed E-state index contributed by atoms with van der Waals surface area (Å²) >= 11 is 11.0. The molecule has 0 aliphatic carbocycles. The molecule has 2 aromatic rings. The Morgan fingerprint density at radius 2 is 1.70 bits per heavy atom. The first-order valence-corrected chi connectivity index (χ1v) is 10.6. The number of anilines is 2. The predicted molar refractivity (Wildman–Crippen MR) is 125 cm³/mol. The smallest absolute Gasteiger partial charge is 0.271 e. The van der Waals surface area contributed by atoms with Gasteiger partial charge < -0.3 is 9.80 Å². The first-order chi connectivity index (χ1) is 15.7. The van der Waals surface area contributed by atoms with Gasteiger partial charge in [-0.3, -0.25) is 29.9 Å². The van der Waals surface area contributed by atoms with Gasteiger partial charge >= 0.3 is 0 Å². The normalized spacial score (nSPS) is 18.1. The molecule has 2 amide bonds. The molecule has 1 N–H and O–H groups in total. The molecule has 0 atom stereocenters. The van der Waals surface area contributed by atoms with Gasteiger partial charge in [0.05, 0.1) is 15.6 Å². The number of halogens is 2. The number of nitrogens with one attached hydrogen (secondary N) is 1. The fourth-order valence-corrected chi connectivity index (χ4v) is 4.04. The molecule has 9 nitrogen and oxygen atoms in total. The molecule has 2 heterocycles. The second-order valence-electron chi connectivity index (χ2n) is 7.34. The molecule has 4 rings (SSSR count). The van der Waals surface area contributed by atoms with Crippen molar-refractivity contribution in [2.75, 3.05) is 36.0 Å². The highest BCUT2D eigenvalue weighted by atomic mass is 35.5. The van der Waals surface area contributed by atoms with Crippen molar-refractivity contribution in [3.8, 4) is 0 Å². The number of amides is 2. The zero-order valence-corrected chi connectivity index (χ0v) is 18.6. The zero-order valence-electron chi connectivity index (χ0n) is 17.0. The van der Waals surface area contributed by atoms with E-state index in [-0.39, 0.29) is 27.1 Å². The molecule has 0 radical (unpaired) electrons. The Balaban J connectivity index is 1.48. The Kier molecular flexibility index (Phi) is 6.25. The number of rotatable bonds is 4.